The molecule has 0 N–H and O–H groups in total. The van der Waals surface area contributed by atoms with Crippen LogP contribution < -0.4 is 0 Å². The van der Waals surface area contributed by atoms with Crippen molar-refractivity contribution < 1.29 is 28.5 Å². The standard InChI is InChI=1S/C19H15ClN2O7S/c1-3-28-18(24)10(2)21-17(23)16(30-19(21)25)9-12-5-7-15(29-12)11-4-6-13(20)14(8-11)22(26)27/h4-10H,3H2,1-2H3/b16-9+. The van der Waals surface area contributed by atoms with Crippen LogP contribution in [0.5, 0.6) is 0 Å². The predicted molar refractivity (Wildman–Crippen MR) is 110 cm³/mol. The molecule has 1 fully saturated rings. The number of nitrogens with zero attached hydrogens (tertiary/aromatic N) is 2. The summed E-state index contributed by atoms with van der Waals surface area (Å²) in [5.74, 6) is -0.728. The Balaban J connectivity index is 1.84. The lowest BCUT2D eigenvalue weighted by molar-refractivity contribution is -0.384. The number of hydrogen-bond donors (Lipinski definition) is 0. The molecule has 156 valence electrons. The number of nitro benzene ring substituents is 1. The molecule has 1 aliphatic rings. The Morgan fingerprint density at radius 1 is 1.37 bits per heavy atom. The number of imide groups is 1. The van der Waals surface area contributed by atoms with Crippen LogP contribution in [0.15, 0.2) is 39.7 Å². The molecule has 1 atom stereocenters. The van der Waals surface area contributed by atoms with Gasteiger partial charge in [0.05, 0.1) is 16.4 Å². The zero-order chi connectivity index (χ0) is 22.0. The van der Waals surface area contributed by atoms with Crippen molar-refractivity contribution >= 4 is 52.2 Å². The van der Waals surface area contributed by atoms with Gasteiger partial charge in [0.15, 0.2) is 0 Å². The number of furan rings is 1. The molecule has 0 spiro atoms. The van der Waals surface area contributed by atoms with E-state index < -0.39 is 28.1 Å². The molecule has 1 unspecified atom stereocenters. The van der Waals surface area contributed by atoms with Crippen LogP contribution in [0.25, 0.3) is 17.4 Å². The highest BCUT2D eigenvalue weighted by atomic mass is 35.5. The van der Waals surface area contributed by atoms with E-state index in [9.17, 15) is 24.5 Å². The minimum absolute atomic E-state index is 0.0000710. The summed E-state index contributed by atoms with van der Waals surface area (Å²) >= 11 is 6.49. The van der Waals surface area contributed by atoms with Gasteiger partial charge >= 0.3 is 5.97 Å². The Morgan fingerprint density at radius 2 is 2.10 bits per heavy atom. The van der Waals surface area contributed by atoms with Crippen molar-refractivity contribution in [2.75, 3.05) is 6.61 Å². The molecule has 0 aliphatic carbocycles. The van der Waals surface area contributed by atoms with E-state index in [1.165, 1.54) is 25.1 Å². The molecular weight excluding hydrogens is 436 g/mol. The third-order valence-electron chi connectivity index (χ3n) is 4.17. The van der Waals surface area contributed by atoms with Crippen molar-refractivity contribution in [1.29, 1.82) is 0 Å². The number of halogens is 1. The number of carbonyl (C=O) groups is 3. The number of carbonyl (C=O) groups excluding carboxylic acids is 3. The third-order valence-corrected chi connectivity index (χ3v) is 5.37. The lowest BCUT2D eigenvalue weighted by Gasteiger charge is -2.19. The molecule has 11 heteroatoms. The van der Waals surface area contributed by atoms with Gasteiger partial charge in [0, 0.05) is 17.7 Å². The van der Waals surface area contributed by atoms with Gasteiger partial charge in [0.25, 0.3) is 16.8 Å². The van der Waals surface area contributed by atoms with Crippen LogP contribution in [0.2, 0.25) is 5.02 Å². The van der Waals surface area contributed by atoms with Gasteiger partial charge in [0.2, 0.25) is 0 Å². The highest BCUT2D eigenvalue weighted by Crippen LogP contribution is 2.35. The number of ether oxygens (including phenoxy) is 1. The van der Waals surface area contributed by atoms with Crippen molar-refractivity contribution in [1.82, 2.24) is 4.90 Å². The molecule has 0 radical (unpaired) electrons. The minimum atomic E-state index is -1.05. The van der Waals surface area contributed by atoms with Crippen LogP contribution in [-0.2, 0) is 14.3 Å². The van der Waals surface area contributed by atoms with Gasteiger partial charge in [-0.05, 0) is 49.9 Å². The lowest BCUT2D eigenvalue weighted by Crippen LogP contribution is -2.42. The van der Waals surface area contributed by atoms with Crippen LogP contribution in [0, 0.1) is 10.1 Å². The lowest BCUT2D eigenvalue weighted by atomic mass is 10.1. The summed E-state index contributed by atoms with van der Waals surface area (Å²) in [4.78, 5) is 48.0. The first kappa shape index (κ1) is 21.6. The highest BCUT2D eigenvalue weighted by Gasteiger charge is 2.41. The largest absolute Gasteiger partial charge is 0.464 e. The minimum Gasteiger partial charge on any atom is -0.464 e. The fourth-order valence-corrected chi connectivity index (χ4v) is 3.78. The first-order chi connectivity index (χ1) is 14.2. The van der Waals surface area contributed by atoms with E-state index in [0.29, 0.717) is 23.1 Å². The van der Waals surface area contributed by atoms with Crippen LogP contribution in [0.1, 0.15) is 19.6 Å². The van der Waals surface area contributed by atoms with Crippen molar-refractivity contribution in [3.05, 3.63) is 56.1 Å². The Kier molecular flexibility index (Phi) is 6.28. The summed E-state index contributed by atoms with van der Waals surface area (Å²) in [6.07, 6.45) is 1.37. The van der Waals surface area contributed by atoms with E-state index in [2.05, 4.69) is 0 Å². The number of amides is 2. The third kappa shape index (κ3) is 4.24. The Bertz CT molecular complexity index is 1080. The molecule has 2 aromatic rings. The van der Waals surface area contributed by atoms with Crippen LogP contribution in [0.3, 0.4) is 0 Å². The van der Waals surface area contributed by atoms with Gasteiger partial charge in [-0.2, -0.15) is 0 Å². The molecule has 30 heavy (non-hydrogen) atoms. The molecule has 1 aromatic carbocycles. The van der Waals surface area contributed by atoms with E-state index in [0.717, 1.165) is 4.90 Å². The maximum absolute atomic E-state index is 12.6. The fourth-order valence-electron chi connectivity index (χ4n) is 2.70. The molecule has 2 amide bonds. The Morgan fingerprint density at radius 3 is 2.77 bits per heavy atom. The summed E-state index contributed by atoms with van der Waals surface area (Å²) in [7, 11) is 0. The number of nitro groups is 1. The summed E-state index contributed by atoms with van der Waals surface area (Å²) in [6.45, 7) is 3.17. The van der Waals surface area contributed by atoms with Gasteiger partial charge < -0.3 is 9.15 Å². The summed E-state index contributed by atoms with van der Waals surface area (Å²) in [6, 6.07) is 6.31. The van der Waals surface area contributed by atoms with E-state index in [-0.39, 0.29) is 28.0 Å². The smallest absolute Gasteiger partial charge is 0.329 e. The highest BCUT2D eigenvalue weighted by molar-refractivity contribution is 8.18. The second-order valence-corrected chi connectivity index (χ2v) is 7.51. The van der Waals surface area contributed by atoms with Crippen LogP contribution in [0.4, 0.5) is 10.5 Å². The van der Waals surface area contributed by atoms with Crippen molar-refractivity contribution in [3.63, 3.8) is 0 Å². The zero-order valence-corrected chi connectivity index (χ0v) is 17.4. The van der Waals surface area contributed by atoms with Crippen LogP contribution in [-0.4, -0.2) is 39.6 Å². The SMILES string of the molecule is CCOC(=O)C(C)N1C(=O)S/C(=C/c2ccc(-c3ccc(Cl)c([N+](=O)[O-])c3)o2)C1=O. The Labute approximate surface area is 179 Å². The molecule has 2 heterocycles. The van der Waals surface area contributed by atoms with Gasteiger partial charge in [-0.25, -0.2) is 4.79 Å². The monoisotopic (exact) mass is 450 g/mol. The Hall–Kier alpha value is -3.11. The first-order valence-corrected chi connectivity index (χ1v) is 9.90. The van der Waals surface area contributed by atoms with Gasteiger partial charge in [-0.15, -0.1) is 0 Å². The number of rotatable bonds is 6. The average molecular weight is 451 g/mol. The van der Waals surface area contributed by atoms with Gasteiger partial charge in [-0.3, -0.25) is 24.6 Å². The molecule has 9 nitrogen and oxygen atoms in total. The number of esters is 1. The molecular formula is C19H15ClN2O7S. The molecule has 3 rings (SSSR count). The van der Waals surface area contributed by atoms with Gasteiger partial charge in [-0.1, -0.05) is 11.6 Å². The number of thioether (sulfide) groups is 1. The summed E-state index contributed by atoms with van der Waals surface area (Å²) in [5.41, 5.74) is 0.163. The van der Waals surface area contributed by atoms with Crippen molar-refractivity contribution in [2.24, 2.45) is 0 Å². The second-order valence-electron chi connectivity index (χ2n) is 6.11. The maximum Gasteiger partial charge on any atom is 0.329 e. The average Bonchev–Trinajstić information content (AvgIpc) is 3.26. The van der Waals surface area contributed by atoms with E-state index in [1.807, 2.05) is 0 Å². The van der Waals surface area contributed by atoms with E-state index >= 15 is 0 Å². The second kappa shape index (κ2) is 8.72. The normalized spacial score (nSPS) is 16.2. The molecule has 0 bridgehead atoms. The summed E-state index contributed by atoms with van der Waals surface area (Å²) < 4.78 is 10.5. The molecule has 1 aliphatic heterocycles. The van der Waals surface area contributed by atoms with Crippen LogP contribution >= 0.6 is 23.4 Å². The maximum atomic E-state index is 12.6. The zero-order valence-electron chi connectivity index (χ0n) is 15.8. The quantitative estimate of drug-likeness (QED) is 0.273. The first-order valence-electron chi connectivity index (χ1n) is 8.70. The number of hydrogen-bond acceptors (Lipinski definition) is 8. The molecule has 0 saturated carbocycles. The topological polar surface area (TPSA) is 120 Å². The fraction of sp³-hybridized carbons (Fsp3) is 0.211. The van der Waals surface area contributed by atoms with Crippen molar-refractivity contribution in [3.8, 4) is 11.3 Å². The molecule has 1 aromatic heterocycles. The van der Waals surface area contributed by atoms with Gasteiger partial charge in [0.1, 0.15) is 22.6 Å². The number of benzene rings is 1. The summed E-state index contributed by atoms with van der Waals surface area (Å²) in [5, 5.41) is 10.5. The molecule has 1 saturated heterocycles. The van der Waals surface area contributed by atoms with E-state index in [1.54, 1.807) is 25.1 Å². The predicted octanol–water partition coefficient (Wildman–Crippen LogP) is 4.50. The van der Waals surface area contributed by atoms with E-state index in [4.69, 9.17) is 20.8 Å². The van der Waals surface area contributed by atoms with Crippen molar-refractivity contribution in [2.45, 2.75) is 19.9 Å².